The van der Waals surface area contributed by atoms with Crippen LogP contribution in [-0.4, -0.2) is 24.2 Å². The van der Waals surface area contributed by atoms with Crippen molar-refractivity contribution in [1.29, 1.82) is 0 Å². The van der Waals surface area contributed by atoms with Crippen molar-refractivity contribution >= 4 is 17.3 Å². The van der Waals surface area contributed by atoms with Crippen LogP contribution in [0, 0.1) is 5.92 Å². The Labute approximate surface area is 154 Å². The molecule has 1 aliphatic heterocycles. The van der Waals surface area contributed by atoms with Crippen molar-refractivity contribution in [3.63, 3.8) is 0 Å². The van der Waals surface area contributed by atoms with Crippen LogP contribution in [0.25, 0.3) is 0 Å². The molecule has 0 aliphatic carbocycles. The van der Waals surface area contributed by atoms with Gasteiger partial charge in [0.25, 0.3) is 5.91 Å². The fraction of sp³-hybridized carbons (Fsp3) is 0.333. The average molecular weight is 351 g/mol. The molecular weight excluding hydrogens is 326 g/mol. The topological polar surface area (TPSA) is 62.7 Å². The molecule has 0 fully saturated rings. The highest BCUT2D eigenvalue weighted by Gasteiger charge is 2.27. The molecule has 5 nitrogen and oxygen atoms in total. The van der Waals surface area contributed by atoms with E-state index < -0.39 is 0 Å². The minimum absolute atomic E-state index is 0.134. The fourth-order valence-electron chi connectivity index (χ4n) is 2.86. The summed E-state index contributed by atoms with van der Waals surface area (Å²) in [6.07, 6.45) is 0.314. The molecule has 1 amide bonds. The minimum Gasteiger partial charge on any atom is -0.387 e. The van der Waals surface area contributed by atoms with Crippen LogP contribution in [-0.2, 0) is 9.63 Å². The lowest BCUT2D eigenvalue weighted by molar-refractivity contribution is -0.115. The van der Waals surface area contributed by atoms with Crippen molar-refractivity contribution < 1.29 is 9.63 Å². The number of oxime groups is 1. The van der Waals surface area contributed by atoms with Crippen molar-refractivity contribution in [1.82, 2.24) is 5.32 Å². The third kappa shape index (κ3) is 4.63. The molecule has 0 saturated carbocycles. The first-order valence-corrected chi connectivity index (χ1v) is 9.01. The van der Waals surface area contributed by atoms with E-state index in [1.165, 1.54) is 0 Å². The van der Waals surface area contributed by atoms with E-state index in [1.54, 1.807) is 0 Å². The summed E-state index contributed by atoms with van der Waals surface area (Å²) in [4.78, 5) is 17.9. The van der Waals surface area contributed by atoms with Crippen LogP contribution in [0.3, 0.4) is 0 Å². The quantitative estimate of drug-likeness (QED) is 0.798. The van der Waals surface area contributed by atoms with Crippen LogP contribution >= 0.6 is 0 Å². The minimum atomic E-state index is -0.180. The molecule has 136 valence electrons. The number of hydrogen-bond acceptors (Lipinski definition) is 4. The summed E-state index contributed by atoms with van der Waals surface area (Å²) in [5.41, 5.74) is 2.53. The van der Waals surface area contributed by atoms with Gasteiger partial charge in [0.2, 0.25) is 0 Å². The van der Waals surface area contributed by atoms with Gasteiger partial charge in [-0.3, -0.25) is 4.79 Å². The zero-order valence-electron chi connectivity index (χ0n) is 15.2. The van der Waals surface area contributed by atoms with E-state index in [0.29, 0.717) is 24.6 Å². The lowest BCUT2D eigenvalue weighted by Crippen LogP contribution is -2.41. The molecule has 2 atom stereocenters. The van der Waals surface area contributed by atoms with Gasteiger partial charge in [-0.1, -0.05) is 67.5 Å². The highest BCUT2D eigenvalue weighted by Crippen LogP contribution is 2.26. The van der Waals surface area contributed by atoms with Crippen LogP contribution in [0.5, 0.6) is 0 Å². The van der Waals surface area contributed by atoms with Gasteiger partial charge >= 0.3 is 0 Å². The number of anilines is 1. The molecule has 2 unspecified atom stereocenters. The molecule has 0 aromatic heterocycles. The Balaban J connectivity index is 1.52. The van der Waals surface area contributed by atoms with Gasteiger partial charge in [0.1, 0.15) is 5.71 Å². The zero-order chi connectivity index (χ0) is 18.4. The van der Waals surface area contributed by atoms with E-state index >= 15 is 0 Å². The molecule has 2 aromatic rings. The largest absolute Gasteiger partial charge is 0.387 e. The van der Waals surface area contributed by atoms with Crippen molar-refractivity contribution in [2.45, 2.75) is 32.4 Å². The molecule has 0 spiro atoms. The highest BCUT2D eigenvalue weighted by atomic mass is 16.6. The second-order valence-corrected chi connectivity index (χ2v) is 6.82. The van der Waals surface area contributed by atoms with E-state index in [0.717, 1.165) is 11.3 Å². The summed E-state index contributed by atoms with van der Waals surface area (Å²) in [6, 6.07) is 20.0. The number of para-hydroxylation sites is 1. The number of benzene rings is 2. The number of hydrogen-bond donors (Lipinski definition) is 2. The van der Waals surface area contributed by atoms with Gasteiger partial charge in [-0.05, 0) is 23.6 Å². The Bertz CT molecular complexity index is 744. The van der Waals surface area contributed by atoms with E-state index in [-0.39, 0.29) is 18.1 Å². The smallest absolute Gasteiger partial charge is 0.269 e. The molecule has 5 heteroatoms. The molecule has 0 radical (unpaired) electrons. The monoisotopic (exact) mass is 351 g/mol. The third-order valence-corrected chi connectivity index (χ3v) is 4.52. The van der Waals surface area contributed by atoms with Crippen LogP contribution in [0.2, 0.25) is 0 Å². The Kier molecular flexibility index (Phi) is 5.89. The summed E-state index contributed by atoms with van der Waals surface area (Å²) >= 11 is 0. The molecular formula is C21H25N3O2. The molecule has 2 aromatic carbocycles. The van der Waals surface area contributed by atoms with Crippen molar-refractivity contribution in [3.8, 4) is 0 Å². The van der Waals surface area contributed by atoms with E-state index in [9.17, 15) is 4.79 Å². The van der Waals surface area contributed by atoms with E-state index in [2.05, 4.69) is 29.6 Å². The normalized spacial score (nSPS) is 17.3. The van der Waals surface area contributed by atoms with E-state index in [1.807, 2.05) is 60.7 Å². The van der Waals surface area contributed by atoms with Crippen LogP contribution in [0.15, 0.2) is 65.8 Å². The highest BCUT2D eigenvalue weighted by molar-refractivity contribution is 6.39. The zero-order valence-corrected chi connectivity index (χ0v) is 15.2. The number of carbonyl (C=O) groups is 1. The molecule has 2 N–H and O–H groups in total. The maximum absolute atomic E-state index is 12.5. The second-order valence-electron chi connectivity index (χ2n) is 6.82. The van der Waals surface area contributed by atoms with Gasteiger partial charge in [0.05, 0.1) is 0 Å². The number of amides is 1. The Hall–Kier alpha value is -2.82. The van der Waals surface area contributed by atoms with Gasteiger partial charge in [-0.15, -0.1) is 0 Å². The van der Waals surface area contributed by atoms with Crippen LogP contribution < -0.4 is 10.6 Å². The number of carbonyl (C=O) groups excluding carboxylic acids is 1. The molecule has 0 saturated heterocycles. The number of nitrogens with one attached hydrogen (secondary N) is 2. The first-order valence-electron chi connectivity index (χ1n) is 9.01. The van der Waals surface area contributed by atoms with Crippen molar-refractivity contribution in [2.75, 3.05) is 11.9 Å². The van der Waals surface area contributed by atoms with E-state index in [4.69, 9.17) is 4.84 Å². The van der Waals surface area contributed by atoms with Crippen molar-refractivity contribution in [2.24, 2.45) is 11.1 Å². The predicted octanol–water partition coefficient (Wildman–Crippen LogP) is 3.76. The third-order valence-electron chi connectivity index (χ3n) is 4.52. The first-order chi connectivity index (χ1) is 12.6. The molecule has 1 heterocycles. The first kappa shape index (κ1) is 18.0. The summed E-state index contributed by atoms with van der Waals surface area (Å²) in [5.74, 6) is 0.207. The van der Waals surface area contributed by atoms with Gasteiger partial charge in [-0.2, -0.15) is 0 Å². The number of nitrogens with zero attached hydrogens (tertiary/aromatic N) is 1. The molecule has 26 heavy (non-hydrogen) atoms. The van der Waals surface area contributed by atoms with Crippen LogP contribution in [0.1, 0.15) is 31.9 Å². The number of rotatable bonds is 7. The fourth-order valence-corrected chi connectivity index (χ4v) is 2.86. The Morgan fingerprint density at radius 3 is 2.42 bits per heavy atom. The molecule has 0 bridgehead atoms. The average Bonchev–Trinajstić information content (AvgIpc) is 3.16. The molecule has 1 aliphatic rings. The van der Waals surface area contributed by atoms with Gasteiger partial charge < -0.3 is 15.5 Å². The van der Waals surface area contributed by atoms with Gasteiger partial charge in [-0.25, -0.2) is 0 Å². The Morgan fingerprint density at radius 2 is 1.77 bits per heavy atom. The SMILES string of the molecule is CC(C)C(CNC(=O)C1=NOC(c2ccccc2)C1)Nc1ccccc1. The molecule has 3 rings (SSSR count). The van der Waals surface area contributed by atoms with Crippen molar-refractivity contribution in [3.05, 3.63) is 66.2 Å². The summed E-state index contributed by atoms with van der Waals surface area (Å²) in [6.45, 7) is 4.79. The lowest BCUT2D eigenvalue weighted by Gasteiger charge is -2.24. The summed E-state index contributed by atoms with van der Waals surface area (Å²) < 4.78 is 0. The van der Waals surface area contributed by atoms with Crippen LogP contribution in [0.4, 0.5) is 5.69 Å². The standard InChI is InChI=1S/C21H25N3O2/c1-15(2)19(23-17-11-7-4-8-12-17)14-22-21(25)18-13-20(26-24-18)16-9-5-3-6-10-16/h3-12,15,19-20,23H,13-14H2,1-2H3,(H,22,25). The summed E-state index contributed by atoms with van der Waals surface area (Å²) in [5, 5.41) is 10.4. The summed E-state index contributed by atoms with van der Waals surface area (Å²) in [7, 11) is 0. The maximum Gasteiger partial charge on any atom is 0.269 e. The Morgan fingerprint density at radius 1 is 1.12 bits per heavy atom. The maximum atomic E-state index is 12.5. The van der Waals surface area contributed by atoms with Gasteiger partial charge in [0, 0.05) is 24.7 Å². The van der Waals surface area contributed by atoms with Gasteiger partial charge in [0.15, 0.2) is 6.10 Å². The lowest BCUT2D eigenvalue weighted by atomic mass is 10.0. The predicted molar refractivity (Wildman–Crippen MR) is 104 cm³/mol. The second kappa shape index (κ2) is 8.52.